The summed E-state index contributed by atoms with van der Waals surface area (Å²) in [6.45, 7) is 3.01. The number of rotatable bonds is 7. The molecule has 3 rings (SSSR count). The molecule has 0 saturated heterocycles. The highest BCUT2D eigenvalue weighted by Crippen LogP contribution is 2.22. The SMILES string of the molecule is Cc1cccc(NC(=O)CN(Cc2ccccc2F)S(=O)(=O)c2ccc(Cl)cc2)c1C. The van der Waals surface area contributed by atoms with Crippen molar-refractivity contribution in [3.63, 3.8) is 0 Å². The van der Waals surface area contributed by atoms with Gasteiger partial charge in [-0.1, -0.05) is 41.9 Å². The van der Waals surface area contributed by atoms with E-state index in [9.17, 15) is 17.6 Å². The van der Waals surface area contributed by atoms with E-state index in [0.29, 0.717) is 10.7 Å². The Morgan fingerprint density at radius 2 is 1.68 bits per heavy atom. The number of carbonyl (C=O) groups is 1. The molecule has 0 aliphatic heterocycles. The van der Waals surface area contributed by atoms with Gasteiger partial charge >= 0.3 is 0 Å². The molecule has 0 unspecified atom stereocenters. The lowest BCUT2D eigenvalue weighted by molar-refractivity contribution is -0.116. The van der Waals surface area contributed by atoms with E-state index in [-0.39, 0.29) is 17.0 Å². The molecule has 3 aromatic rings. The number of anilines is 1. The molecule has 0 bridgehead atoms. The summed E-state index contributed by atoms with van der Waals surface area (Å²) in [4.78, 5) is 12.7. The highest BCUT2D eigenvalue weighted by molar-refractivity contribution is 7.89. The monoisotopic (exact) mass is 460 g/mol. The van der Waals surface area contributed by atoms with Crippen LogP contribution in [0.5, 0.6) is 0 Å². The minimum Gasteiger partial charge on any atom is -0.325 e. The molecule has 8 heteroatoms. The molecule has 5 nitrogen and oxygen atoms in total. The second kappa shape index (κ2) is 9.60. The van der Waals surface area contributed by atoms with Gasteiger partial charge in [-0.15, -0.1) is 0 Å². The van der Waals surface area contributed by atoms with Crippen LogP contribution in [0.25, 0.3) is 0 Å². The molecule has 3 aromatic carbocycles. The lowest BCUT2D eigenvalue weighted by Crippen LogP contribution is -2.37. The summed E-state index contributed by atoms with van der Waals surface area (Å²) in [7, 11) is -4.09. The van der Waals surface area contributed by atoms with Crippen molar-refractivity contribution in [3.8, 4) is 0 Å². The molecule has 0 spiro atoms. The van der Waals surface area contributed by atoms with E-state index in [2.05, 4.69) is 5.32 Å². The Hall–Kier alpha value is -2.74. The zero-order valence-electron chi connectivity index (χ0n) is 17.1. The maximum absolute atomic E-state index is 14.2. The van der Waals surface area contributed by atoms with E-state index in [0.717, 1.165) is 15.4 Å². The molecule has 162 valence electrons. The van der Waals surface area contributed by atoms with Gasteiger partial charge in [-0.2, -0.15) is 4.31 Å². The summed E-state index contributed by atoms with van der Waals surface area (Å²) in [5.41, 5.74) is 2.64. The maximum atomic E-state index is 14.2. The van der Waals surface area contributed by atoms with Gasteiger partial charge in [-0.3, -0.25) is 4.79 Å². The number of benzene rings is 3. The summed E-state index contributed by atoms with van der Waals surface area (Å²) >= 11 is 5.87. The zero-order valence-corrected chi connectivity index (χ0v) is 18.7. The molecule has 31 heavy (non-hydrogen) atoms. The first kappa shape index (κ1) is 22.9. The summed E-state index contributed by atoms with van der Waals surface area (Å²) in [5.74, 6) is -1.07. The largest absolute Gasteiger partial charge is 0.325 e. The smallest absolute Gasteiger partial charge is 0.243 e. The molecule has 0 atom stereocenters. The predicted octanol–water partition coefficient (Wildman–Crippen LogP) is 4.93. The van der Waals surface area contributed by atoms with Crippen LogP contribution in [0.3, 0.4) is 0 Å². The van der Waals surface area contributed by atoms with Crippen molar-refractivity contribution in [1.29, 1.82) is 0 Å². The van der Waals surface area contributed by atoms with Crippen molar-refractivity contribution < 1.29 is 17.6 Å². The van der Waals surface area contributed by atoms with Crippen LogP contribution < -0.4 is 5.32 Å². The van der Waals surface area contributed by atoms with Crippen molar-refractivity contribution in [3.05, 3.63) is 94.3 Å². The topological polar surface area (TPSA) is 66.5 Å². The van der Waals surface area contributed by atoms with Gasteiger partial charge in [-0.05, 0) is 61.4 Å². The first-order chi connectivity index (χ1) is 14.7. The molecule has 0 aliphatic rings. The van der Waals surface area contributed by atoms with Crippen molar-refractivity contribution in [2.24, 2.45) is 0 Å². The molecule has 0 saturated carbocycles. The normalized spacial score (nSPS) is 11.5. The predicted molar refractivity (Wildman–Crippen MR) is 120 cm³/mol. The number of nitrogens with zero attached hydrogens (tertiary/aromatic N) is 1. The molecule has 0 aromatic heterocycles. The van der Waals surface area contributed by atoms with Crippen LogP contribution >= 0.6 is 11.6 Å². The Kier molecular flexibility index (Phi) is 7.10. The van der Waals surface area contributed by atoms with Crippen LogP contribution in [0.2, 0.25) is 5.02 Å². The molecule has 0 fully saturated rings. The number of hydrogen-bond donors (Lipinski definition) is 1. The fraction of sp³-hybridized carbons (Fsp3) is 0.174. The fourth-order valence-electron chi connectivity index (χ4n) is 3.03. The molecular formula is C23H22ClFN2O3S. The minimum atomic E-state index is -4.09. The van der Waals surface area contributed by atoms with Gasteiger partial charge in [0.2, 0.25) is 15.9 Å². The van der Waals surface area contributed by atoms with E-state index in [1.54, 1.807) is 18.2 Å². The van der Waals surface area contributed by atoms with Crippen molar-refractivity contribution >= 4 is 33.2 Å². The van der Waals surface area contributed by atoms with Crippen LogP contribution in [0.1, 0.15) is 16.7 Å². The van der Waals surface area contributed by atoms with E-state index >= 15 is 0 Å². The van der Waals surface area contributed by atoms with Gasteiger partial charge in [0.1, 0.15) is 5.82 Å². The third-order valence-corrected chi connectivity index (χ3v) is 7.01. The van der Waals surface area contributed by atoms with Gasteiger partial charge in [0, 0.05) is 22.8 Å². The van der Waals surface area contributed by atoms with Gasteiger partial charge in [0.15, 0.2) is 0 Å². The Morgan fingerprint density at radius 3 is 2.35 bits per heavy atom. The molecule has 1 amide bonds. The average molecular weight is 461 g/mol. The Morgan fingerprint density at radius 1 is 1.00 bits per heavy atom. The molecular weight excluding hydrogens is 439 g/mol. The Balaban J connectivity index is 1.91. The number of amides is 1. The highest BCUT2D eigenvalue weighted by atomic mass is 35.5. The van der Waals surface area contributed by atoms with E-state index in [4.69, 9.17) is 11.6 Å². The zero-order chi connectivity index (χ0) is 22.6. The van der Waals surface area contributed by atoms with Crippen LogP contribution in [-0.4, -0.2) is 25.2 Å². The number of carbonyl (C=O) groups excluding carboxylic acids is 1. The number of hydrogen-bond acceptors (Lipinski definition) is 3. The number of nitrogens with one attached hydrogen (secondary N) is 1. The molecule has 0 radical (unpaired) electrons. The molecule has 0 aliphatic carbocycles. The van der Waals surface area contributed by atoms with Gasteiger partial charge in [0.05, 0.1) is 11.4 Å². The maximum Gasteiger partial charge on any atom is 0.243 e. The van der Waals surface area contributed by atoms with Gasteiger partial charge in [0.25, 0.3) is 0 Å². The van der Waals surface area contributed by atoms with Crippen LogP contribution in [-0.2, 0) is 21.4 Å². The van der Waals surface area contributed by atoms with Crippen LogP contribution in [0.15, 0.2) is 71.6 Å². The first-order valence-electron chi connectivity index (χ1n) is 9.53. The van der Waals surface area contributed by atoms with Gasteiger partial charge < -0.3 is 5.32 Å². The van der Waals surface area contributed by atoms with Crippen molar-refractivity contribution in [1.82, 2.24) is 4.31 Å². The highest BCUT2D eigenvalue weighted by Gasteiger charge is 2.28. The number of aryl methyl sites for hydroxylation is 1. The third kappa shape index (κ3) is 5.50. The minimum absolute atomic E-state index is 0.0345. The van der Waals surface area contributed by atoms with Crippen molar-refractivity contribution in [2.75, 3.05) is 11.9 Å². The van der Waals surface area contributed by atoms with E-state index in [1.807, 2.05) is 19.9 Å². The fourth-order valence-corrected chi connectivity index (χ4v) is 4.53. The van der Waals surface area contributed by atoms with Gasteiger partial charge in [-0.25, -0.2) is 12.8 Å². The second-order valence-electron chi connectivity index (χ2n) is 7.11. The quantitative estimate of drug-likeness (QED) is 0.544. The lowest BCUT2D eigenvalue weighted by Gasteiger charge is -2.22. The van der Waals surface area contributed by atoms with E-state index in [1.165, 1.54) is 42.5 Å². The second-order valence-corrected chi connectivity index (χ2v) is 9.49. The first-order valence-corrected chi connectivity index (χ1v) is 11.4. The number of halogens is 2. The number of sulfonamides is 1. The van der Waals surface area contributed by atoms with Crippen molar-refractivity contribution in [2.45, 2.75) is 25.3 Å². The summed E-state index contributed by atoms with van der Waals surface area (Å²) in [6.07, 6.45) is 0. The van der Waals surface area contributed by atoms with Crippen LogP contribution in [0, 0.1) is 19.7 Å². The molecule has 0 heterocycles. The standard InChI is InChI=1S/C23H22ClFN2O3S/c1-16-6-5-9-22(17(16)2)26-23(28)15-27(14-18-7-3-4-8-21(18)25)31(29,30)20-12-10-19(24)11-13-20/h3-13H,14-15H2,1-2H3,(H,26,28). The third-order valence-electron chi connectivity index (χ3n) is 4.95. The van der Waals surface area contributed by atoms with Crippen LogP contribution in [0.4, 0.5) is 10.1 Å². The Bertz CT molecular complexity index is 1200. The Labute approximate surface area is 186 Å². The average Bonchev–Trinajstić information content (AvgIpc) is 2.73. The summed E-state index contributed by atoms with van der Waals surface area (Å²) in [5, 5.41) is 3.14. The van der Waals surface area contributed by atoms with E-state index < -0.39 is 28.3 Å². The molecule has 1 N–H and O–H groups in total. The lowest BCUT2D eigenvalue weighted by atomic mass is 10.1. The summed E-state index contributed by atoms with van der Waals surface area (Å²) in [6, 6.07) is 16.9. The summed E-state index contributed by atoms with van der Waals surface area (Å²) < 4.78 is 41.7.